The SMILES string of the molecule is CCC(CCNC(=NC)NC1CCC(C)CC1)N1CCCC1=O. The predicted octanol–water partition coefficient (Wildman–Crippen LogP) is 2.52. The van der Waals surface area contributed by atoms with Crippen LogP contribution in [0.2, 0.25) is 0 Å². The highest BCUT2D eigenvalue weighted by Gasteiger charge is 2.26. The molecule has 0 bridgehead atoms. The van der Waals surface area contributed by atoms with Gasteiger partial charge in [0, 0.05) is 38.6 Å². The summed E-state index contributed by atoms with van der Waals surface area (Å²) in [7, 11) is 1.84. The van der Waals surface area contributed by atoms with E-state index in [1.54, 1.807) is 0 Å². The van der Waals surface area contributed by atoms with Gasteiger partial charge in [0.15, 0.2) is 5.96 Å². The van der Waals surface area contributed by atoms with Gasteiger partial charge in [0.05, 0.1) is 0 Å². The van der Waals surface area contributed by atoms with Crippen LogP contribution in [0.4, 0.5) is 0 Å². The first-order valence-electron chi connectivity index (χ1n) is 9.40. The Morgan fingerprint density at radius 2 is 2.09 bits per heavy atom. The largest absolute Gasteiger partial charge is 0.356 e. The first-order valence-corrected chi connectivity index (χ1v) is 9.40. The molecule has 0 aromatic carbocycles. The van der Waals surface area contributed by atoms with Gasteiger partial charge in [-0.05, 0) is 50.9 Å². The number of carbonyl (C=O) groups is 1. The first-order chi connectivity index (χ1) is 11.1. The Morgan fingerprint density at radius 1 is 1.35 bits per heavy atom. The molecule has 1 amide bonds. The van der Waals surface area contributed by atoms with Crippen LogP contribution in [0.25, 0.3) is 0 Å². The quantitative estimate of drug-likeness (QED) is 0.583. The third kappa shape index (κ3) is 5.40. The van der Waals surface area contributed by atoms with Gasteiger partial charge in [0.2, 0.25) is 5.91 Å². The van der Waals surface area contributed by atoms with E-state index in [0.717, 1.165) is 50.7 Å². The lowest BCUT2D eigenvalue weighted by atomic mass is 9.87. The first kappa shape index (κ1) is 18.1. The summed E-state index contributed by atoms with van der Waals surface area (Å²) in [5.41, 5.74) is 0. The Balaban J connectivity index is 1.71. The zero-order valence-corrected chi connectivity index (χ0v) is 15.1. The van der Waals surface area contributed by atoms with Gasteiger partial charge in [-0.15, -0.1) is 0 Å². The molecule has 5 nitrogen and oxygen atoms in total. The van der Waals surface area contributed by atoms with E-state index >= 15 is 0 Å². The Kier molecular flexibility index (Phi) is 7.18. The summed E-state index contributed by atoms with van der Waals surface area (Å²) in [6.07, 6.45) is 8.86. The van der Waals surface area contributed by atoms with Crippen LogP contribution in [0.15, 0.2) is 4.99 Å². The summed E-state index contributed by atoms with van der Waals surface area (Å²) < 4.78 is 0. The maximum atomic E-state index is 11.9. The Labute approximate surface area is 141 Å². The molecule has 1 atom stereocenters. The Hall–Kier alpha value is -1.26. The summed E-state index contributed by atoms with van der Waals surface area (Å²) in [5, 5.41) is 6.99. The van der Waals surface area contributed by atoms with Gasteiger partial charge in [-0.25, -0.2) is 0 Å². The van der Waals surface area contributed by atoms with Crippen LogP contribution in [0.1, 0.15) is 65.2 Å². The van der Waals surface area contributed by atoms with E-state index in [2.05, 4.69) is 34.4 Å². The van der Waals surface area contributed by atoms with Crippen molar-refractivity contribution in [3.05, 3.63) is 0 Å². The number of likely N-dealkylation sites (tertiary alicyclic amines) is 1. The summed E-state index contributed by atoms with van der Waals surface area (Å²) in [6.45, 7) is 6.32. The molecule has 1 unspecified atom stereocenters. The molecule has 0 spiro atoms. The van der Waals surface area contributed by atoms with Crippen LogP contribution in [0.3, 0.4) is 0 Å². The van der Waals surface area contributed by atoms with Gasteiger partial charge in [0.25, 0.3) is 0 Å². The average molecular weight is 322 g/mol. The Morgan fingerprint density at radius 3 is 2.65 bits per heavy atom. The maximum absolute atomic E-state index is 11.9. The minimum atomic E-state index is 0.329. The number of hydrogen-bond acceptors (Lipinski definition) is 2. The van der Waals surface area contributed by atoms with Crippen molar-refractivity contribution in [2.45, 2.75) is 77.3 Å². The molecule has 1 heterocycles. The molecule has 23 heavy (non-hydrogen) atoms. The molecule has 5 heteroatoms. The number of hydrogen-bond donors (Lipinski definition) is 2. The molecule has 1 aliphatic heterocycles. The molecule has 2 rings (SSSR count). The highest BCUT2D eigenvalue weighted by Crippen LogP contribution is 2.23. The van der Waals surface area contributed by atoms with Crippen molar-refractivity contribution in [2.75, 3.05) is 20.1 Å². The number of guanidine groups is 1. The van der Waals surface area contributed by atoms with Gasteiger partial charge in [-0.1, -0.05) is 13.8 Å². The van der Waals surface area contributed by atoms with E-state index in [9.17, 15) is 4.79 Å². The third-order valence-corrected chi connectivity index (χ3v) is 5.37. The van der Waals surface area contributed by atoms with Crippen LogP contribution in [0, 0.1) is 5.92 Å². The summed E-state index contributed by atoms with van der Waals surface area (Å²) in [5.74, 6) is 2.11. The molecule has 1 aliphatic carbocycles. The van der Waals surface area contributed by atoms with E-state index in [1.165, 1.54) is 25.7 Å². The molecule has 0 radical (unpaired) electrons. The molecule has 0 aromatic rings. The number of amides is 1. The molecule has 132 valence electrons. The maximum Gasteiger partial charge on any atom is 0.222 e. The molecular formula is C18H34N4O. The summed E-state index contributed by atoms with van der Waals surface area (Å²) in [4.78, 5) is 18.3. The number of rotatable bonds is 6. The summed E-state index contributed by atoms with van der Waals surface area (Å²) >= 11 is 0. The molecule has 1 saturated carbocycles. The van der Waals surface area contributed by atoms with Crippen molar-refractivity contribution in [2.24, 2.45) is 10.9 Å². The fraction of sp³-hybridized carbons (Fsp3) is 0.889. The lowest BCUT2D eigenvalue weighted by Gasteiger charge is -2.29. The molecule has 0 aromatic heterocycles. The highest BCUT2D eigenvalue weighted by molar-refractivity contribution is 5.80. The van der Waals surface area contributed by atoms with Gasteiger partial charge in [0.1, 0.15) is 0 Å². The minimum Gasteiger partial charge on any atom is -0.356 e. The monoisotopic (exact) mass is 322 g/mol. The van der Waals surface area contributed by atoms with Crippen LogP contribution in [-0.4, -0.2) is 49.0 Å². The van der Waals surface area contributed by atoms with E-state index in [-0.39, 0.29) is 0 Å². The van der Waals surface area contributed by atoms with Gasteiger partial charge >= 0.3 is 0 Å². The zero-order valence-electron chi connectivity index (χ0n) is 15.1. The second kappa shape index (κ2) is 9.14. The second-order valence-corrected chi connectivity index (χ2v) is 7.14. The van der Waals surface area contributed by atoms with Crippen molar-refractivity contribution >= 4 is 11.9 Å². The van der Waals surface area contributed by atoms with Crippen molar-refractivity contribution in [1.82, 2.24) is 15.5 Å². The number of aliphatic imine (C=N–C) groups is 1. The lowest BCUT2D eigenvalue weighted by molar-refractivity contribution is -0.129. The van der Waals surface area contributed by atoms with E-state index in [1.807, 2.05) is 7.05 Å². The van der Waals surface area contributed by atoms with Crippen LogP contribution in [0.5, 0.6) is 0 Å². The second-order valence-electron chi connectivity index (χ2n) is 7.14. The van der Waals surface area contributed by atoms with Gasteiger partial charge < -0.3 is 15.5 Å². The number of carbonyl (C=O) groups excluding carboxylic acids is 1. The normalized spacial score (nSPS) is 27.2. The van der Waals surface area contributed by atoms with Crippen LogP contribution >= 0.6 is 0 Å². The molecule has 2 fully saturated rings. The van der Waals surface area contributed by atoms with E-state index in [0.29, 0.717) is 18.0 Å². The van der Waals surface area contributed by atoms with Crippen molar-refractivity contribution in [3.63, 3.8) is 0 Å². The lowest BCUT2D eigenvalue weighted by Crippen LogP contribution is -2.46. The average Bonchev–Trinajstić information content (AvgIpc) is 2.98. The standard InChI is InChI=1S/C18H34N4O/c1-4-16(22-13-5-6-17(22)23)11-12-20-18(19-3)21-15-9-7-14(2)8-10-15/h14-16H,4-13H2,1-3H3,(H2,19,20,21). The fourth-order valence-corrected chi connectivity index (χ4v) is 3.79. The van der Waals surface area contributed by atoms with E-state index in [4.69, 9.17) is 0 Å². The number of nitrogens with one attached hydrogen (secondary N) is 2. The third-order valence-electron chi connectivity index (χ3n) is 5.37. The van der Waals surface area contributed by atoms with E-state index < -0.39 is 0 Å². The molecular weight excluding hydrogens is 288 g/mol. The van der Waals surface area contributed by atoms with Crippen molar-refractivity contribution in [3.8, 4) is 0 Å². The highest BCUT2D eigenvalue weighted by atomic mass is 16.2. The molecule has 2 N–H and O–H groups in total. The Bertz CT molecular complexity index is 402. The minimum absolute atomic E-state index is 0.329. The van der Waals surface area contributed by atoms with Crippen molar-refractivity contribution in [1.29, 1.82) is 0 Å². The summed E-state index contributed by atoms with van der Waals surface area (Å²) in [6, 6.07) is 0.922. The topological polar surface area (TPSA) is 56.7 Å². The van der Waals surface area contributed by atoms with Crippen LogP contribution in [-0.2, 0) is 4.79 Å². The predicted molar refractivity (Wildman–Crippen MR) is 95.6 cm³/mol. The fourth-order valence-electron chi connectivity index (χ4n) is 3.79. The molecule has 1 saturated heterocycles. The zero-order chi connectivity index (χ0) is 16.7. The molecule has 2 aliphatic rings. The van der Waals surface area contributed by atoms with Gasteiger partial charge in [-0.2, -0.15) is 0 Å². The smallest absolute Gasteiger partial charge is 0.222 e. The number of nitrogens with zero attached hydrogens (tertiary/aromatic N) is 2. The van der Waals surface area contributed by atoms with Gasteiger partial charge in [-0.3, -0.25) is 9.79 Å². The van der Waals surface area contributed by atoms with Crippen molar-refractivity contribution < 1.29 is 4.79 Å². The van der Waals surface area contributed by atoms with Crippen LogP contribution < -0.4 is 10.6 Å².